The minimum Gasteiger partial charge on any atom is -0.509 e. The lowest BCUT2D eigenvalue weighted by Gasteiger charge is -2.48. The summed E-state index contributed by atoms with van der Waals surface area (Å²) in [4.78, 5) is 26.6. The molecule has 1 aliphatic carbocycles. The Hall–Kier alpha value is -2.76. The molecule has 1 heterocycles. The van der Waals surface area contributed by atoms with Crippen molar-refractivity contribution in [3.8, 4) is 5.75 Å². The number of benzene rings is 1. The van der Waals surface area contributed by atoms with Crippen LogP contribution >= 0.6 is 0 Å². The Bertz CT molecular complexity index is 964. The first-order chi connectivity index (χ1) is 16.1. The maximum atomic E-state index is 14.9. The molecule has 1 fully saturated rings. The van der Waals surface area contributed by atoms with Gasteiger partial charge in [-0.25, -0.2) is 14.2 Å². The zero-order valence-electron chi connectivity index (χ0n) is 19.6. The largest absolute Gasteiger partial charge is 0.509 e. The Kier molecular flexibility index (Phi) is 8.11. The molecular weight excluding hydrogens is 452 g/mol. The molecule has 1 aliphatic heterocycles. The Balaban J connectivity index is 1.79. The van der Waals surface area contributed by atoms with Gasteiger partial charge in [0.15, 0.2) is 17.1 Å². The molecule has 3 rings (SSSR count). The molecule has 0 saturated heterocycles. The second-order valence-corrected chi connectivity index (χ2v) is 8.65. The van der Waals surface area contributed by atoms with Crippen LogP contribution in [0.15, 0.2) is 23.5 Å². The van der Waals surface area contributed by atoms with Crippen LogP contribution in [0.3, 0.4) is 0 Å². The molecule has 1 aromatic carbocycles. The van der Waals surface area contributed by atoms with Gasteiger partial charge in [0.2, 0.25) is 5.82 Å². The molecule has 0 atom stereocenters. The average Bonchev–Trinajstić information content (AvgIpc) is 3.29. The molecule has 2 aliphatic rings. The lowest BCUT2D eigenvalue weighted by atomic mass is 9.88. The summed E-state index contributed by atoms with van der Waals surface area (Å²) in [6.07, 6.45) is 2.36. The Morgan fingerprint density at radius 2 is 1.82 bits per heavy atom. The predicted octanol–water partition coefficient (Wildman–Crippen LogP) is 2.32. The molecular formula is C23H31F2N3O6. The number of methoxy groups -OCH3 is 1. The van der Waals surface area contributed by atoms with E-state index in [1.165, 1.54) is 17.1 Å². The van der Waals surface area contributed by atoms with Crippen LogP contribution in [0.4, 0.5) is 8.78 Å². The summed E-state index contributed by atoms with van der Waals surface area (Å²) in [6.45, 7) is 1.42. The number of rotatable bonds is 10. The number of amides is 1. The molecule has 1 amide bonds. The highest BCUT2D eigenvalue weighted by atomic mass is 19.2. The van der Waals surface area contributed by atoms with Crippen LogP contribution in [-0.4, -0.2) is 90.1 Å². The van der Waals surface area contributed by atoms with E-state index in [0.717, 1.165) is 17.9 Å². The number of aliphatic hydroxyl groups excluding tert-OH is 1. The van der Waals surface area contributed by atoms with E-state index in [-0.39, 0.29) is 17.9 Å². The molecule has 2 N–H and O–H groups in total. The first kappa shape index (κ1) is 25.9. The fraction of sp³-hybridized carbons (Fsp3) is 0.565. The number of hydrazine groups is 1. The van der Waals surface area contributed by atoms with Crippen LogP contribution < -0.4 is 4.74 Å². The monoisotopic (exact) mass is 483 g/mol. The highest BCUT2D eigenvalue weighted by Crippen LogP contribution is 2.44. The van der Waals surface area contributed by atoms with Gasteiger partial charge in [-0.2, -0.15) is 4.39 Å². The van der Waals surface area contributed by atoms with Gasteiger partial charge in [0.1, 0.15) is 12.4 Å². The molecule has 188 valence electrons. The number of likely N-dealkylation sites (N-methyl/N-ethyl adjacent to an activating group) is 2. The molecule has 1 aromatic rings. The summed E-state index contributed by atoms with van der Waals surface area (Å²) in [6, 6.07) is 2.59. The van der Waals surface area contributed by atoms with Crippen LogP contribution in [-0.2, 0) is 20.9 Å². The van der Waals surface area contributed by atoms with Crippen molar-refractivity contribution in [1.29, 1.82) is 0 Å². The number of hydrogen-bond donors (Lipinski definition) is 2. The van der Waals surface area contributed by atoms with Gasteiger partial charge in [-0.3, -0.25) is 9.80 Å². The van der Waals surface area contributed by atoms with Crippen LogP contribution in [0.2, 0.25) is 0 Å². The van der Waals surface area contributed by atoms with Crippen molar-refractivity contribution < 1.29 is 38.1 Å². The number of carbonyl (C=O) groups is 2. The zero-order chi connectivity index (χ0) is 25.0. The van der Waals surface area contributed by atoms with Gasteiger partial charge in [-0.05, 0) is 26.0 Å². The second-order valence-electron chi connectivity index (χ2n) is 8.65. The smallest absolute Gasteiger partial charge is 0.344 e. The third kappa shape index (κ3) is 4.86. The summed E-state index contributed by atoms with van der Waals surface area (Å²) < 4.78 is 40.0. The lowest BCUT2D eigenvalue weighted by molar-refractivity contribution is -0.165. The molecule has 1 spiro atoms. The van der Waals surface area contributed by atoms with Gasteiger partial charge in [0.25, 0.3) is 5.91 Å². The number of nitrogens with zero attached hydrogens (tertiary/aromatic N) is 3. The number of aliphatic carboxylic acids is 1. The van der Waals surface area contributed by atoms with Gasteiger partial charge in [0, 0.05) is 32.8 Å². The van der Waals surface area contributed by atoms with E-state index in [4.69, 9.17) is 9.47 Å². The number of carbonyl (C=O) groups excluding carboxylic acids is 1. The van der Waals surface area contributed by atoms with E-state index >= 15 is 0 Å². The van der Waals surface area contributed by atoms with Gasteiger partial charge in [-0.15, -0.1) is 0 Å². The van der Waals surface area contributed by atoms with E-state index in [2.05, 4.69) is 0 Å². The standard InChI is InChI=1S/C23H31F2N3O6/c1-26(10-12-33-3)11-13-34-16-7-6-15(18(24)19(16)25)14-28-21(30)17(22(31)32)20(29)23(27(28)2)8-4-5-9-23/h6-7,29H,4-5,8-14H2,1-3H3,(H,31,32). The summed E-state index contributed by atoms with van der Waals surface area (Å²) >= 11 is 0. The molecule has 0 unspecified atom stereocenters. The minimum absolute atomic E-state index is 0.137. The topological polar surface area (TPSA) is 103 Å². The van der Waals surface area contributed by atoms with E-state index in [0.29, 0.717) is 32.5 Å². The predicted molar refractivity (Wildman–Crippen MR) is 118 cm³/mol. The molecule has 1 saturated carbocycles. The second kappa shape index (κ2) is 10.7. The molecule has 34 heavy (non-hydrogen) atoms. The summed E-state index contributed by atoms with van der Waals surface area (Å²) in [5.74, 6) is -5.64. The number of hydrogen-bond acceptors (Lipinski definition) is 7. The lowest BCUT2D eigenvalue weighted by Crippen LogP contribution is -2.61. The van der Waals surface area contributed by atoms with Crippen molar-refractivity contribution in [3.05, 3.63) is 40.7 Å². The Morgan fingerprint density at radius 1 is 1.18 bits per heavy atom. The fourth-order valence-corrected chi connectivity index (χ4v) is 4.51. The fourth-order valence-electron chi connectivity index (χ4n) is 4.51. The van der Waals surface area contributed by atoms with Crippen LogP contribution in [0, 0.1) is 11.6 Å². The molecule has 0 radical (unpaired) electrons. The normalized spacial score (nSPS) is 18.4. The van der Waals surface area contributed by atoms with Gasteiger partial charge >= 0.3 is 5.97 Å². The summed E-state index contributed by atoms with van der Waals surface area (Å²) in [7, 11) is 4.99. The first-order valence-electron chi connectivity index (χ1n) is 11.1. The van der Waals surface area contributed by atoms with Crippen molar-refractivity contribution in [2.75, 3.05) is 47.5 Å². The van der Waals surface area contributed by atoms with Crippen molar-refractivity contribution in [3.63, 3.8) is 0 Å². The van der Waals surface area contributed by atoms with E-state index < -0.39 is 46.9 Å². The number of carboxylic acid groups (broad SMARTS) is 1. The number of carboxylic acids is 1. The molecule has 0 bridgehead atoms. The third-order valence-electron chi connectivity index (χ3n) is 6.61. The van der Waals surface area contributed by atoms with Gasteiger partial charge in [0.05, 0.1) is 18.7 Å². The highest BCUT2D eigenvalue weighted by Gasteiger charge is 2.53. The van der Waals surface area contributed by atoms with Crippen LogP contribution in [0.25, 0.3) is 0 Å². The summed E-state index contributed by atoms with van der Waals surface area (Å²) in [5.41, 5.74) is -1.94. The SMILES string of the molecule is COCCN(C)CCOc1ccc(CN2C(=O)C(C(=O)O)=C(O)C3(CCCC3)N2C)c(F)c1F. The molecule has 11 heteroatoms. The quantitative estimate of drug-likeness (QED) is 0.489. The molecule has 9 nitrogen and oxygen atoms in total. The summed E-state index contributed by atoms with van der Waals surface area (Å²) in [5, 5.41) is 22.7. The van der Waals surface area contributed by atoms with Crippen molar-refractivity contribution in [1.82, 2.24) is 14.9 Å². The maximum absolute atomic E-state index is 14.9. The Labute approximate surface area is 197 Å². The highest BCUT2D eigenvalue weighted by molar-refractivity contribution is 6.16. The van der Waals surface area contributed by atoms with Crippen molar-refractivity contribution in [2.24, 2.45) is 0 Å². The van der Waals surface area contributed by atoms with Gasteiger partial charge in [-0.1, -0.05) is 18.9 Å². The minimum atomic E-state index is -1.56. The maximum Gasteiger partial charge on any atom is 0.344 e. The number of ether oxygens (including phenoxy) is 2. The van der Waals surface area contributed by atoms with Gasteiger partial charge < -0.3 is 24.6 Å². The van der Waals surface area contributed by atoms with E-state index in [1.54, 1.807) is 14.2 Å². The van der Waals surface area contributed by atoms with E-state index in [1.807, 2.05) is 11.9 Å². The molecule has 0 aromatic heterocycles. The van der Waals surface area contributed by atoms with E-state index in [9.17, 15) is 28.6 Å². The third-order valence-corrected chi connectivity index (χ3v) is 6.61. The average molecular weight is 484 g/mol. The first-order valence-corrected chi connectivity index (χ1v) is 11.1. The van der Waals surface area contributed by atoms with Crippen molar-refractivity contribution in [2.45, 2.75) is 37.8 Å². The number of aliphatic hydroxyl groups is 1. The number of halogens is 2. The van der Waals surface area contributed by atoms with Crippen molar-refractivity contribution >= 4 is 11.9 Å². The Morgan fingerprint density at radius 3 is 2.44 bits per heavy atom. The van der Waals surface area contributed by atoms with Crippen LogP contribution in [0.1, 0.15) is 31.2 Å². The zero-order valence-corrected chi connectivity index (χ0v) is 19.6. The van der Waals surface area contributed by atoms with Crippen LogP contribution in [0.5, 0.6) is 5.75 Å².